The highest BCUT2D eigenvalue weighted by atomic mass is 35.6. The molecule has 22 heavy (non-hydrogen) atoms. The van der Waals surface area contributed by atoms with Crippen LogP contribution in [-0.4, -0.2) is 0 Å². The van der Waals surface area contributed by atoms with Crippen LogP contribution in [0.15, 0.2) is 55.1 Å². The number of hydrogen-bond acceptors (Lipinski definition) is 0. The molecule has 0 N–H and O–H groups in total. The van der Waals surface area contributed by atoms with Gasteiger partial charge >= 0.3 is 0 Å². The largest absolute Gasteiger partial charge is 0.216 e. The quantitative estimate of drug-likeness (QED) is 0.449. The van der Waals surface area contributed by atoms with Gasteiger partial charge in [-0.1, -0.05) is 113 Å². The van der Waals surface area contributed by atoms with Crippen LogP contribution in [0.4, 0.5) is 0 Å². The van der Waals surface area contributed by atoms with Gasteiger partial charge in [-0.25, -0.2) is 0 Å². The van der Waals surface area contributed by atoms with Crippen LogP contribution in [0.1, 0.15) is 22.3 Å². The molecule has 0 nitrogen and oxygen atoms in total. The zero-order valence-corrected chi connectivity index (χ0v) is 15.6. The molecule has 0 aliphatic carbocycles. The molecule has 0 unspecified atom stereocenters. The van der Waals surface area contributed by atoms with Gasteiger partial charge in [-0.2, -0.15) is 0 Å². The number of hydrogen-bond donors (Lipinski definition) is 0. The Balaban J connectivity index is 2.41. The topological polar surface area (TPSA) is 0 Å². The molecule has 116 valence electrons. The first kappa shape index (κ1) is 18.3. The van der Waals surface area contributed by atoms with E-state index in [4.69, 9.17) is 69.6 Å². The molecule has 0 aliphatic rings. The van der Waals surface area contributed by atoms with Gasteiger partial charge in [0.25, 0.3) is 0 Å². The number of rotatable bonds is 2. The van der Waals surface area contributed by atoms with Crippen molar-refractivity contribution in [1.29, 1.82) is 0 Å². The third-order valence-corrected chi connectivity index (χ3v) is 4.39. The van der Waals surface area contributed by atoms with Gasteiger partial charge in [0.05, 0.1) is 0 Å². The molecule has 0 spiro atoms. The van der Waals surface area contributed by atoms with E-state index < -0.39 is 7.59 Å². The summed E-state index contributed by atoms with van der Waals surface area (Å²) in [4.78, 5) is 0. The number of alkyl halides is 6. The van der Waals surface area contributed by atoms with Crippen molar-refractivity contribution < 1.29 is 0 Å². The van der Waals surface area contributed by atoms with Crippen LogP contribution >= 0.6 is 69.6 Å². The van der Waals surface area contributed by atoms with Gasteiger partial charge in [-0.15, -0.1) is 0 Å². The van der Waals surface area contributed by atoms with E-state index in [1.807, 2.05) is 12.1 Å². The molecule has 2 aromatic rings. The molecule has 2 rings (SSSR count). The lowest BCUT2D eigenvalue weighted by Crippen LogP contribution is -2.02. The summed E-state index contributed by atoms with van der Waals surface area (Å²) >= 11 is 35.5. The van der Waals surface area contributed by atoms with E-state index in [1.54, 1.807) is 36.4 Å². The van der Waals surface area contributed by atoms with Gasteiger partial charge in [0.2, 0.25) is 7.59 Å². The van der Waals surface area contributed by atoms with Crippen molar-refractivity contribution in [2.75, 3.05) is 0 Å². The van der Waals surface area contributed by atoms with E-state index in [0.29, 0.717) is 11.1 Å². The molecule has 2 aromatic carbocycles. The second-order valence-corrected chi connectivity index (χ2v) is 9.20. The smallest absolute Gasteiger partial charge is 0.0906 e. The van der Waals surface area contributed by atoms with Gasteiger partial charge < -0.3 is 0 Å². The zero-order valence-electron chi connectivity index (χ0n) is 11.1. The molecule has 0 saturated heterocycles. The summed E-state index contributed by atoms with van der Waals surface area (Å²) in [5.74, 6) is 0. The van der Waals surface area contributed by atoms with Crippen LogP contribution in [0.25, 0.3) is 5.57 Å². The van der Waals surface area contributed by atoms with Crippen LogP contribution in [0.3, 0.4) is 0 Å². The molecule has 0 radical (unpaired) electrons. The Bertz CT molecular complexity index is 635. The Morgan fingerprint density at radius 3 is 1.36 bits per heavy atom. The van der Waals surface area contributed by atoms with E-state index in [9.17, 15) is 0 Å². The molecule has 0 heterocycles. The first-order valence-electron chi connectivity index (χ1n) is 6.13. The highest BCUT2D eigenvalue weighted by Gasteiger charge is 2.24. The average Bonchev–Trinajstić information content (AvgIpc) is 2.45. The van der Waals surface area contributed by atoms with Crippen LogP contribution in [0.2, 0.25) is 0 Å². The minimum Gasteiger partial charge on any atom is -0.0906 e. The standard InChI is InChI=1S/C16H10Cl6/c1-10(11-4-2-6-13(8-11)15(17,18)19)12-5-3-7-14(9-12)16(20,21)22/h2-9H,1H2. The molecule has 0 bridgehead atoms. The third kappa shape index (κ3) is 4.47. The van der Waals surface area contributed by atoms with Crippen molar-refractivity contribution in [2.24, 2.45) is 0 Å². The Labute approximate surface area is 159 Å². The van der Waals surface area contributed by atoms with Crippen molar-refractivity contribution in [2.45, 2.75) is 7.59 Å². The highest BCUT2D eigenvalue weighted by Crippen LogP contribution is 2.41. The van der Waals surface area contributed by atoms with E-state index in [1.165, 1.54) is 0 Å². The van der Waals surface area contributed by atoms with Crippen molar-refractivity contribution in [3.05, 3.63) is 77.4 Å². The minimum absolute atomic E-state index is 0.564. The van der Waals surface area contributed by atoms with E-state index in [2.05, 4.69) is 6.58 Å². The SMILES string of the molecule is C=C(c1cccc(C(Cl)(Cl)Cl)c1)c1cccc(C(Cl)(Cl)Cl)c1. The predicted molar refractivity (Wildman–Crippen MR) is 99.5 cm³/mol. The third-order valence-electron chi connectivity index (χ3n) is 3.08. The molecule has 0 amide bonds. The number of halogens is 6. The Morgan fingerprint density at radius 1 is 0.682 bits per heavy atom. The second kappa shape index (κ2) is 6.81. The van der Waals surface area contributed by atoms with E-state index in [-0.39, 0.29) is 0 Å². The van der Waals surface area contributed by atoms with Crippen LogP contribution in [0, 0.1) is 0 Å². The lowest BCUT2D eigenvalue weighted by molar-refractivity contribution is 1.23. The maximum absolute atomic E-state index is 5.92. The lowest BCUT2D eigenvalue weighted by atomic mass is 9.97. The summed E-state index contributed by atoms with van der Waals surface area (Å²) in [7, 11) is 0. The fraction of sp³-hybridized carbons (Fsp3) is 0.125. The zero-order chi connectivity index (χ0) is 16.5. The molecule has 0 aromatic heterocycles. The van der Waals surface area contributed by atoms with Gasteiger partial charge in [-0.3, -0.25) is 0 Å². The van der Waals surface area contributed by atoms with E-state index in [0.717, 1.165) is 16.7 Å². The predicted octanol–water partition coefficient (Wildman–Crippen LogP) is 7.40. The minimum atomic E-state index is -1.49. The normalized spacial score (nSPS) is 12.3. The fourth-order valence-corrected chi connectivity index (χ4v) is 2.64. The van der Waals surface area contributed by atoms with Crippen LogP contribution < -0.4 is 0 Å². The second-order valence-electron chi connectivity index (χ2n) is 4.64. The summed E-state index contributed by atoms with van der Waals surface area (Å²) in [5, 5.41) is 0. The van der Waals surface area contributed by atoms with Crippen molar-refractivity contribution in [3.63, 3.8) is 0 Å². The first-order chi connectivity index (χ1) is 10.1. The fourth-order valence-electron chi connectivity index (χ4n) is 1.93. The molecular formula is C16H10Cl6. The molecule has 0 atom stereocenters. The maximum atomic E-state index is 5.92. The summed E-state index contributed by atoms with van der Waals surface area (Å²) < 4.78 is -2.98. The van der Waals surface area contributed by atoms with Gasteiger partial charge in [-0.05, 0) is 28.8 Å². The summed E-state index contributed by atoms with van der Waals surface area (Å²) in [6.07, 6.45) is 0. The molecule has 6 heteroatoms. The van der Waals surface area contributed by atoms with Crippen molar-refractivity contribution in [3.8, 4) is 0 Å². The van der Waals surface area contributed by atoms with Crippen molar-refractivity contribution in [1.82, 2.24) is 0 Å². The lowest BCUT2D eigenvalue weighted by Gasteiger charge is -2.16. The number of benzene rings is 2. The summed E-state index contributed by atoms with van der Waals surface area (Å²) in [6, 6.07) is 14.4. The van der Waals surface area contributed by atoms with Gasteiger partial charge in [0.15, 0.2) is 0 Å². The Kier molecular flexibility index (Phi) is 5.65. The summed E-state index contributed by atoms with van der Waals surface area (Å²) in [5.41, 5.74) is 3.52. The maximum Gasteiger partial charge on any atom is 0.216 e. The molecular weight excluding hydrogens is 405 g/mol. The summed E-state index contributed by atoms with van der Waals surface area (Å²) in [6.45, 7) is 4.08. The highest BCUT2D eigenvalue weighted by molar-refractivity contribution is 6.67. The van der Waals surface area contributed by atoms with Crippen molar-refractivity contribution >= 4 is 75.2 Å². The van der Waals surface area contributed by atoms with Gasteiger partial charge in [0, 0.05) is 11.1 Å². The monoisotopic (exact) mass is 412 g/mol. The molecule has 0 aliphatic heterocycles. The Hall–Kier alpha value is -0.0800. The van der Waals surface area contributed by atoms with Crippen LogP contribution in [-0.2, 0) is 7.59 Å². The van der Waals surface area contributed by atoms with Crippen LogP contribution in [0.5, 0.6) is 0 Å². The average molecular weight is 415 g/mol. The molecule has 0 saturated carbocycles. The van der Waals surface area contributed by atoms with E-state index >= 15 is 0 Å². The first-order valence-corrected chi connectivity index (χ1v) is 8.40. The molecule has 0 fully saturated rings. The Morgan fingerprint density at radius 2 is 1.05 bits per heavy atom. The van der Waals surface area contributed by atoms with Gasteiger partial charge in [0.1, 0.15) is 0 Å².